The molecule has 0 bridgehead atoms. The van der Waals surface area contributed by atoms with Crippen molar-refractivity contribution in [1.29, 1.82) is 0 Å². The Balaban J connectivity index is 1.77. The molecule has 0 spiro atoms. The predicted octanol–water partition coefficient (Wildman–Crippen LogP) is 3.71. The van der Waals surface area contributed by atoms with Crippen LogP contribution in [0.5, 0.6) is 0 Å². The molecule has 0 aromatic heterocycles. The van der Waals surface area contributed by atoms with Crippen LogP contribution >= 0.6 is 11.8 Å². The van der Waals surface area contributed by atoms with E-state index in [-0.39, 0.29) is 22.9 Å². The van der Waals surface area contributed by atoms with Gasteiger partial charge in [-0.3, -0.25) is 19.7 Å². The molecule has 0 fully saturated rings. The molecule has 1 amide bonds. The lowest BCUT2D eigenvalue weighted by molar-refractivity contribution is -0.385. The Morgan fingerprint density at radius 2 is 1.96 bits per heavy atom. The minimum absolute atomic E-state index is 0.0470. The van der Waals surface area contributed by atoms with Crippen molar-refractivity contribution in [3.05, 3.63) is 70.0 Å². The van der Waals surface area contributed by atoms with Gasteiger partial charge in [-0.05, 0) is 24.6 Å². The van der Waals surface area contributed by atoms with Gasteiger partial charge in [-0.1, -0.05) is 24.3 Å². The molecule has 1 N–H and O–H groups in total. The number of hydrogen-bond donors (Lipinski definition) is 1. The number of ether oxygens (including phenoxy) is 1. The number of nitrogens with zero attached hydrogens (tertiary/aromatic N) is 1. The summed E-state index contributed by atoms with van der Waals surface area (Å²) in [5.41, 5.74) is 0.486. The molecule has 0 radical (unpaired) electrons. The second-order valence-corrected chi connectivity index (χ2v) is 6.49. The van der Waals surface area contributed by atoms with Gasteiger partial charge in [0.05, 0.1) is 22.1 Å². The van der Waals surface area contributed by atoms with E-state index in [0.29, 0.717) is 5.56 Å². The fourth-order valence-electron chi connectivity index (χ4n) is 2.17. The van der Waals surface area contributed by atoms with Crippen LogP contribution in [-0.2, 0) is 14.3 Å². The molecule has 2 aromatic carbocycles. The maximum absolute atomic E-state index is 13.4. The quantitative estimate of drug-likeness (QED) is 0.418. The van der Waals surface area contributed by atoms with Crippen LogP contribution in [0.1, 0.15) is 18.6 Å². The van der Waals surface area contributed by atoms with E-state index in [4.69, 9.17) is 4.74 Å². The third-order valence-corrected chi connectivity index (χ3v) is 4.37. The lowest BCUT2D eigenvalue weighted by Crippen LogP contribution is -2.17. The number of nitro groups is 1. The Labute approximate surface area is 159 Å². The number of nitrogens with one attached hydrogen (secondary N) is 1. The lowest BCUT2D eigenvalue weighted by Gasteiger charge is -2.13. The summed E-state index contributed by atoms with van der Waals surface area (Å²) in [5.74, 6) is -1.66. The van der Waals surface area contributed by atoms with E-state index in [1.807, 2.05) is 0 Å². The van der Waals surface area contributed by atoms with E-state index < -0.39 is 28.7 Å². The molecule has 0 aliphatic heterocycles. The van der Waals surface area contributed by atoms with Crippen molar-refractivity contribution in [2.75, 3.05) is 16.8 Å². The van der Waals surface area contributed by atoms with Gasteiger partial charge in [0.15, 0.2) is 0 Å². The summed E-state index contributed by atoms with van der Waals surface area (Å²) in [6, 6.07) is 11.6. The second kappa shape index (κ2) is 9.67. The Kier molecular flexibility index (Phi) is 7.30. The van der Waals surface area contributed by atoms with Crippen LogP contribution in [0.2, 0.25) is 0 Å². The summed E-state index contributed by atoms with van der Waals surface area (Å²) in [7, 11) is 0. The van der Waals surface area contributed by atoms with Crippen molar-refractivity contribution in [3.8, 4) is 0 Å². The third kappa shape index (κ3) is 6.37. The molecule has 2 aromatic rings. The van der Waals surface area contributed by atoms with E-state index in [9.17, 15) is 24.1 Å². The molecule has 1 atom stereocenters. The van der Waals surface area contributed by atoms with Gasteiger partial charge in [-0.15, -0.1) is 11.8 Å². The zero-order chi connectivity index (χ0) is 19.8. The molecule has 0 unspecified atom stereocenters. The van der Waals surface area contributed by atoms with Crippen LogP contribution in [-0.4, -0.2) is 28.3 Å². The van der Waals surface area contributed by atoms with Gasteiger partial charge in [-0.2, -0.15) is 0 Å². The van der Waals surface area contributed by atoms with E-state index in [1.54, 1.807) is 19.1 Å². The number of nitro benzene ring substituents is 1. The number of halogens is 1. The standard InChI is InChI=1S/C18H17FN2O5S/c1-12(13-5-4-6-14(9-13)21(24)25)26-18(23)11-27-10-17(22)20-16-8-3-2-7-15(16)19/h2-9,12H,10-11H2,1H3,(H,20,22)/t12-/m0/s1. The van der Waals surface area contributed by atoms with Crippen molar-refractivity contribution in [1.82, 2.24) is 0 Å². The van der Waals surface area contributed by atoms with Crippen LogP contribution in [0.25, 0.3) is 0 Å². The normalized spacial score (nSPS) is 11.5. The number of hydrogen-bond acceptors (Lipinski definition) is 6. The largest absolute Gasteiger partial charge is 0.457 e. The minimum Gasteiger partial charge on any atom is -0.457 e. The summed E-state index contributed by atoms with van der Waals surface area (Å²) in [6.45, 7) is 1.60. The van der Waals surface area contributed by atoms with Crippen molar-refractivity contribution in [2.24, 2.45) is 0 Å². The predicted molar refractivity (Wildman–Crippen MR) is 100.0 cm³/mol. The fraction of sp³-hybridized carbons (Fsp3) is 0.222. The average molecular weight is 392 g/mol. The number of thioether (sulfide) groups is 1. The molecule has 142 valence electrons. The zero-order valence-corrected chi connectivity index (χ0v) is 15.2. The molecular formula is C18H17FN2O5S. The molecule has 9 heteroatoms. The number of para-hydroxylation sites is 1. The van der Waals surface area contributed by atoms with Crippen LogP contribution in [0.4, 0.5) is 15.8 Å². The van der Waals surface area contributed by atoms with Gasteiger partial charge in [0.2, 0.25) is 5.91 Å². The molecule has 0 aliphatic rings. The van der Waals surface area contributed by atoms with Crippen LogP contribution in [0.15, 0.2) is 48.5 Å². The molecule has 27 heavy (non-hydrogen) atoms. The number of anilines is 1. The number of carbonyl (C=O) groups is 2. The summed E-state index contributed by atoms with van der Waals surface area (Å²) < 4.78 is 18.7. The van der Waals surface area contributed by atoms with Crippen molar-refractivity contribution >= 4 is 35.0 Å². The van der Waals surface area contributed by atoms with Gasteiger partial charge < -0.3 is 10.1 Å². The summed E-state index contributed by atoms with van der Waals surface area (Å²) >= 11 is 1.02. The van der Waals surface area contributed by atoms with Crippen molar-refractivity contribution in [2.45, 2.75) is 13.0 Å². The first-order chi connectivity index (χ1) is 12.9. The smallest absolute Gasteiger partial charge is 0.316 e. The molecule has 2 rings (SSSR count). The number of non-ortho nitro benzene ring substituents is 1. The van der Waals surface area contributed by atoms with E-state index >= 15 is 0 Å². The van der Waals surface area contributed by atoms with E-state index in [1.165, 1.54) is 36.4 Å². The van der Waals surface area contributed by atoms with Crippen LogP contribution in [0, 0.1) is 15.9 Å². The molecule has 0 heterocycles. The number of esters is 1. The fourth-order valence-corrected chi connectivity index (χ4v) is 2.76. The van der Waals surface area contributed by atoms with Gasteiger partial charge in [0.25, 0.3) is 5.69 Å². The molecular weight excluding hydrogens is 375 g/mol. The lowest BCUT2D eigenvalue weighted by atomic mass is 10.1. The topological polar surface area (TPSA) is 98.5 Å². The van der Waals surface area contributed by atoms with Crippen LogP contribution < -0.4 is 5.32 Å². The molecule has 0 saturated heterocycles. The van der Waals surface area contributed by atoms with Gasteiger partial charge in [0.1, 0.15) is 11.9 Å². The maximum atomic E-state index is 13.4. The van der Waals surface area contributed by atoms with Gasteiger partial charge in [0, 0.05) is 12.1 Å². The number of benzene rings is 2. The van der Waals surface area contributed by atoms with Crippen molar-refractivity contribution in [3.63, 3.8) is 0 Å². The Hall–Kier alpha value is -2.94. The highest BCUT2D eigenvalue weighted by atomic mass is 32.2. The molecule has 0 saturated carbocycles. The first kappa shape index (κ1) is 20.4. The Morgan fingerprint density at radius 1 is 1.22 bits per heavy atom. The van der Waals surface area contributed by atoms with Crippen molar-refractivity contribution < 1.29 is 23.6 Å². The number of carbonyl (C=O) groups excluding carboxylic acids is 2. The summed E-state index contributed by atoms with van der Waals surface area (Å²) in [6.07, 6.45) is -0.662. The SMILES string of the molecule is C[C@H](OC(=O)CSCC(=O)Nc1ccccc1F)c1cccc([N+](=O)[O-])c1. The monoisotopic (exact) mass is 392 g/mol. The van der Waals surface area contributed by atoms with Gasteiger partial charge in [-0.25, -0.2) is 4.39 Å². The molecule has 7 nitrogen and oxygen atoms in total. The summed E-state index contributed by atoms with van der Waals surface area (Å²) in [4.78, 5) is 33.9. The first-order valence-electron chi connectivity index (χ1n) is 7.93. The Morgan fingerprint density at radius 3 is 2.67 bits per heavy atom. The first-order valence-corrected chi connectivity index (χ1v) is 9.08. The van der Waals surface area contributed by atoms with E-state index in [2.05, 4.69) is 5.32 Å². The average Bonchev–Trinajstić information content (AvgIpc) is 2.63. The third-order valence-electron chi connectivity index (χ3n) is 3.46. The van der Waals surface area contributed by atoms with Crippen LogP contribution in [0.3, 0.4) is 0 Å². The Bertz CT molecular complexity index is 846. The van der Waals surface area contributed by atoms with Gasteiger partial charge >= 0.3 is 5.97 Å². The maximum Gasteiger partial charge on any atom is 0.316 e. The molecule has 0 aliphatic carbocycles. The van der Waals surface area contributed by atoms with E-state index in [0.717, 1.165) is 11.8 Å². The highest BCUT2D eigenvalue weighted by molar-refractivity contribution is 8.00. The highest BCUT2D eigenvalue weighted by Crippen LogP contribution is 2.22. The summed E-state index contributed by atoms with van der Waals surface area (Å²) in [5, 5.41) is 13.2. The zero-order valence-electron chi connectivity index (χ0n) is 14.4. The number of rotatable bonds is 8. The number of amides is 1. The minimum atomic E-state index is -0.662. The second-order valence-electron chi connectivity index (χ2n) is 5.51. The highest BCUT2D eigenvalue weighted by Gasteiger charge is 2.15.